The molecule has 0 spiro atoms. The van der Waals surface area contributed by atoms with E-state index in [9.17, 15) is 4.39 Å². The Kier molecular flexibility index (Phi) is 5.74. The van der Waals surface area contributed by atoms with Gasteiger partial charge in [-0.3, -0.25) is 4.98 Å². The molecule has 0 saturated carbocycles. The highest BCUT2D eigenvalue weighted by Gasteiger charge is 2.15. The van der Waals surface area contributed by atoms with E-state index in [4.69, 9.17) is 11.6 Å². The lowest BCUT2D eigenvalue weighted by Gasteiger charge is -2.20. The van der Waals surface area contributed by atoms with Crippen molar-refractivity contribution in [1.82, 2.24) is 10.3 Å². The van der Waals surface area contributed by atoms with Crippen LogP contribution in [0.15, 0.2) is 36.7 Å². The van der Waals surface area contributed by atoms with Crippen molar-refractivity contribution in [2.24, 2.45) is 0 Å². The van der Waals surface area contributed by atoms with E-state index in [0.29, 0.717) is 5.02 Å². The van der Waals surface area contributed by atoms with Crippen LogP contribution in [0.2, 0.25) is 5.02 Å². The third kappa shape index (κ3) is 3.90. The number of rotatable bonds is 5. The molecule has 0 aliphatic rings. The highest BCUT2D eigenvalue weighted by molar-refractivity contribution is 14.1. The summed E-state index contributed by atoms with van der Waals surface area (Å²) in [5, 5.41) is 4.11. The monoisotopic (exact) mass is 404 g/mol. The maximum Gasteiger partial charge on any atom is 0.141 e. The number of nitrogens with one attached hydrogen (secondary N) is 1. The highest BCUT2D eigenvalue weighted by Crippen LogP contribution is 2.27. The molecule has 1 unspecified atom stereocenters. The lowest BCUT2D eigenvalue weighted by molar-refractivity contribution is 0.580. The minimum absolute atomic E-state index is 0.104. The SMILES string of the molecule is CCCNC(c1cncc(F)c1)c1ccc(I)c(Cl)c1. The van der Waals surface area contributed by atoms with E-state index in [1.165, 1.54) is 12.3 Å². The van der Waals surface area contributed by atoms with Gasteiger partial charge in [-0.15, -0.1) is 0 Å². The Hall–Kier alpha value is -0.720. The fourth-order valence-electron chi connectivity index (χ4n) is 1.99. The molecular formula is C15H15ClFIN2. The zero-order chi connectivity index (χ0) is 14.5. The molecule has 1 aromatic heterocycles. The molecule has 0 aliphatic carbocycles. The van der Waals surface area contributed by atoms with Gasteiger partial charge in [0.1, 0.15) is 5.82 Å². The number of hydrogen-bond donors (Lipinski definition) is 1. The van der Waals surface area contributed by atoms with E-state index in [2.05, 4.69) is 39.8 Å². The van der Waals surface area contributed by atoms with Crippen LogP contribution in [-0.4, -0.2) is 11.5 Å². The molecule has 1 heterocycles. The van der Waals surface area contributed by atoms with Gasteiger partial charge < -0.3 is 5.32 Å². The Bertz CT molecular complexity index is 592. The van der Waals surface area contributed by atoms with Gasteiger partial charge in [0.25, 0.3) is 0 Å². The predicted octanol–water partition coefficient (Wildman–Crippen LogP) is 4.57. The lowest BCUT2D eigenvalue weighted by atomic mass is 10.00. The molecule has 5 heteroatoms. The van der Waals surface area contributed by atoms with E-state index >= 15 is 0 Å². The first-order chi connectivity index (χ1) is 9.61. The smallest absolute Gasteiger partial charge is 0.141 e. The molecule has 0 amide bonds. The van der Waals surface area contributed by atoms with Gasteiger partial charge in [0, 0.05) is 9.77 Å². The molecule has 0 fully saturated rings. The van der Waals surface area contributed by atoms with Crippen molar-refractivity contribution >= 4 is 34.2 Å². The summed E-state index contributed by atoms with van der Waals surface area (Å²) in [5.74, 6) is -0.331. The molecule has 1 atom stereocenters. The summed E-state index contributed by atoms with van der Waals surface area (Å²) < 4.78 is 14.4. The van der Waals surface area contributed by atoms with E-state index in [1.807, 2.05) is 18.2 Å². The highest BCUT2D eigenvalue weighted by atomic mass is 127. The number of nitrogens with zero attached hydrogens (tertiary/aromatic N) is 1. The number of hydrogen-bond acceptors (Lipinski definition) is 2. The normalized spacial score (nSPS) is 12.4. The van der Waals surface area contributed by atoms with Gasteiger partial charge in [0.15, 0.2) is 0 Å². The largest absolute Gasteiger partial charge is 0.306 e. The Morgan fingerprint density at radius 2 is 2.10 bits per heavy atom. The zero-order valence-corrected chi connectivity index (χ0v) is 14.0. The zero-order valence-electron chi connectivity index (χ0n) is 11.0. The van der Waals surface area contributed by atoms with E-state index in [0.717, 1.165) is 27.7 Å². The summed E-state index contributed by atoms with van der Waals surface area (Å²) in [5.41, 5.74) is 1.81. The fraction of sp³-hybridized carbons (Fsp3) is 0.267. The molecule has 1 aromatic carbocycles. The molecule has 2 aromatic rings. The van der Waals surface area contributed by atoms with Crippen molar-refractivity contribution < 1.29 is 4.39 Å². The molecule has 0 radical (unpaired) electrons. The van der Waals surface area contributed by atoms with Crippen molar-refractivity contribution in [2.45, 2.75) is 19.4 Å². The average molecular weight is 405 g/mol. The van der Waals surface area contributed by atoms with Gasteiger partial charge in [0.2, 0.25) is 0 Å². The summed E-state index contributed by atoms with van der Waals surface area (Å²) in [6.07, 6.45) is 3.89. The second kappa shape index (κ2) is 7.33. The maximum absolute atomic E-state index is 13.4. The van der Waals surface area contributed by atoms with Crippen LogP contribution in [0.1, 0.15) is 30.5 Å². The molecule has 0 bridgehead atoms. The Morgan fingerprint density at radius 1 is 1.30 bits per heavy atom. The van der Waals surface area contributed by atoms with Crippen molar-refractivity contribution in [3.63, 3.8) is 0 Å². The topological polar surface area (TPSA) is 24.9 Å². The minimum atomic E-state index is -0.331. The number of benzene rings is 1. The third-order valence-corrected chi connectivity index (χ3v) is 4.51. The fourth-order valence-corrected chi connectivity index (χ4v) is 2.52. The average Bonchev–Trinajstić information content (AvgIpc) is 2.43. The number of aromatic nitrogens is 1. The second-order valence-corrected chi connectivity index (χ2v) is 6.07. The van der Waals surface area contributed by atoms with Gasteiger partial charge in [-0.25, -0.2) is 4.39 Å². The third-order valence-electron chi connectivity index (χ3n) is 2.93. The Balaban J connectivity index is 2.38. The standard InChI is InChI=1S/C15H15ClFIN2/c1-2-5-20-15(11-6-12(17)9-19-8-11)10-3-4-14(18)13(16)7-10/h3-4,6-9,15,20H,2,5H2,1H3. The van der Waals surface area contributed by atoms with E-state index in [-0.39, 0.29) is 11.9 Å². The van der Waals surface area contributed by atoms with E-state index < -0.39 is 0 Å². The van der Waals surface area contributed by atoms with Crippen molar-refractivity contribution in [3.05, 3.63) is 62.2 Å². The first-order valence-electron chi connectivity index (χ1n) is 6.40. The molecule has 106 valence electrons. The second-order valence-electron chi connectivity index (χ2n) is 4.50. The number of halogens is 3. The summed E-state index contributed by atoms with van der Waals surface area (Å²) in [6, 6.07) is 7.29. The molecular weight excluding hydrogens is 390 g/mol. The predicted molar refractivity (Wildman–Crippen MR) is 88.5 cm³/mol. The van der Waals surface area contributed by atoms with Crippen LogP contribution in [0, 0.1) is 9.39 Å². The summed E-state index contributed by atoms with van der Waals surface area (Å²) in [7, 11) is 0. The van der Waals surface area contributed by atoms with Gasteiger partial charge in [-0.2, -0.15) is 0 Å². The molecule has 1 N–H and O–H groups in total. The van der Waals surface area contributed by atoms with Crippen LogP contribution in [0.25, 0.3) is 0 Å². The van der Waals surface area contributed by atoms with Crippen LogP contribution < -0.4 is 5.32 Å². The molecule has 2 nitrogen and oxygen atoms in total. The Morgan fingerprint density at radius 3 is 2.75 bits per heavy atom. The van der Waals surface area contributed by atoms with Gasteiger partial charge >= 0.3 is 0 Å². The van der Waals surface area contributed by atoms with Crippen molar-refractivity contribution in [1.29, 1.82) is 0 Å². The first-order valence-corrected chi connectivity index (χ1v) is 7.86. The number of pyridine rings is 1. The van der Waals surface area contributed by atoms with Crippen LogP contribution in [0.5, 0.6) is 0 Å². The van der Waals surface area contributed by atoms with Gasteiger partial charge in [0.05, 0.1) is 17.3 Å². The first kappa shape index (κ1) is 15.7. The molecule has 0 aliphatic heterocycles. The quantitative estimate of drug-likeness (QED) is 0.739. The molecule has 2 rings (SSSR count). The van der Waals surface area contributed by atoms with Crippen molar-refractivity contribution in [2.75, 3.05) is 6.54 Å². The van der Waals surface area contributed by atoms with Crippen LogP contribution in [-0.2, 0) is 0 Å². The summed E-state index contributed by atoms with van der Waals surface area (Å²) in [6.45, 7) is 2.93. The summed E-state index contributed by atoms with van der Waals surface area (Å²) in [4.78, 5) is 3.93. The van der Waals surface area contributed by atoms with Gasteiger partial charge in [-0.1, -0.05) is 24.6 Å². The molecule has 20 heavy (non-hydrogen) atoms. The summed E-state index contributed by atoms with van der Waals surface area (Å²) >= 11 is 8.37. The minimum Gasteiger partial charge on any atom is -0.306 e. The maximum atomic E-state index is 13.4. The van der Waals surface area contributed by atoms with Gasteiger partial charge in [-0.05, 0) is 64.9 Å². The van der Waals surface area contributed by atoms with Crippen molar-refractivity contribution in [3.8, 4) is 0 Å². The van der Waals surface area contributed by atoms with Crippen LogP contribution in [0.4, 0.5) is 4.39 Å². The van der Waals surface area contributed by atoms with Crippen LogP contribution >= 0.6 is 34.2 Å². The molecule has 0 saturated heterocycles. The lowest BCUT2D eigenvalue weighted by Crippen LogP contribution is -2.23. The van der Waals surface area contributed by atoms with E-state index in [1.54, 1.807) is 6.20 Å². The van der Waals surface area contributed by atoms with Crippen LogP contribution in [0.3, 0.4) is 0 Å². The Labute approximate surface area is 136 Å².